The summed E-state index contributed by atoms with van der Waals surface area (Å²) in [7, 11) is 0. The van der Waals surface area contributed by atoms with Gasteiger partial charge < -0.3 is 9.47 Å². The number of benzene rings is 2. The van der Waals surface area contributed by atoms with E-state index < -0.39 is 35.9 Å². The van der Waals surface area contributed by atoms with E-state index in [0.717, 1.165) is 17.2 Å². The number of esters is 1. The summed E-state index contributed by atoms with van der Waals surface area (Å²) in [5, 5.41) is 11.3. The Morgan fingerprint density at radius 3 is 2.50 bits per heavy atom. The van der Waals surface area contributed by atoms with Gasteiger partial charge in [-0.1, -0.05) is 31.5 Å². The van der Waals surface area contributed by atoms with Crippen LogP contribution < -0.4 is 15.6 Å². The third kappa shape index (κ3) is 6.95. The summed E-state index contributed by atoms with van der Waals surface area (Å²) in [5.74, 6) is -1.75. The van der Waals surface area contributed by atoms with Crippen molar-refractivity contribution in [2.45, 2.75) is 26.7 Å². The minimum atomic E-state index is -0.803. The minimum Gasteiger partial charge on any atom is -0.482 e. The summed E-state index contributed by atoms with van der Waals surface area (Å²) < 4.78 is 10.4. The highest BCUT2D eigenvalue weighted by atomic mass is 35.5. The Bertz CT molecular complexity index is 1040. The zero-order valence-corrected chi connectivity index (χ0v) is 18.4. The van der Waals surface area contributed by atoms with Gasteiger partial charge in [-0.05, 0) is 42.2 Å². The number of nitrogens with one attached hydrogen (secondary N) is 2. The van der Waals surface area contributed by atoms with Gasteiger partial charge in [-0.2, -0.15) is 0 Å². The van der Waals surface area contributed by atoms with Crippen LogP contribution in [0.1, 0.15) is 41.3 Å². The molecule has 32 heavy (non-hydrogen) atoms. The minimum absolute atomic E-state index is 0.0240. The number of nitrogens with zero attached hydrogens (tertiary/aromatic N) is 1. The van der Waals surface area contributed by atoms with Crippen LogP contribution in [0.25, 0.3) is 0 Å². The van der Waals surface area contributed by atoms with Crippen molar-refractivity contribution >= 4 is 35.1 Å². The van der Waals surface area contributed by atoms with Crippen molar-refractivity contribution in [2.75, 3.05) is 13.2 Å². The standard InChI is InChI=1S/C21H22ClN3O7/c1-12(2)16-9-17(22)13(3)7-18(16)31-11-20(27)32-10-19(26)23-24-21(28)14-5-4-6-15(8-14)25(29)30/h4-9,12H,10-11H2,1-3H3,(H,23,26)(H,24,28). The summed E-state index contributed by atoms with van der Waals surface area (Å²) in [6.07, 6.45) is 0. The number of ether oxygens (including phenoxy) is 2. The molecule has 170 valence electrons. The maximum Gasteiger partial charge on any atom is 0.344 e. The normalized spacial score (nSPS) is 10.4. The zero-order chi connectivity index (χ0) is 23.8. The predicted octanol–water partition coefficient (Wildman–Crippen LogP) is 3.06. The molecule has 0 unspecified atom stereocenters. The smallest absolute Gasteiger partial charge is 0.344 e. The number of carbonyl (C=O) groups excluding carboxylic acids is 3. The highest BCUT2D eigenvalue weighted by Crippen LogP contribution is 2.32. The van der Waals surface area contributed by atoms with Crippen LogP contribution in [0, 0.1) is 17.0 Å². The van der Waals surface area contributed by atoms with Gasteiger partial charge in [0.15, 0.2) is 13.2 Å². The van der Waals surface area contributed by atoms with Crippen molar-refractivity contribution in [1.29, 1.82) is 0 Å². The van der Waals surface area contributed by atoms with Crippen LogP contribution in [-0.4, -0.2) is 35.9 Å². The summed E-state index contributed by atoms with van der Waals surface area (Å²) in [6, 6.07) is 8.47. The monoisotopic (exact) mass is 463 g/mol. The van der Waals surface area contributed by atoms with Gasteiger partial charge in [0, 0.05) is 22.7 Å². The van der Waals surface area contributed by atoms with E-state index in [2.05, 4.69) is 10.9 Å². The number of carbonyl (C=O) groups is 3. The Labute approximate surface area is 189 Å². The molecule has 0 saturated heterocycles. The second-order valence-corrected chi connectivity index (χ2v) is 7.46. The molecule has 0 spiro atoms. The van der Waals surface area contributed by atoms with Crippen LogP contribution in [0.4, 0.5) is 5.69 Å². The molecule has 2 amide bonds. The third-order valence-electron chi connectivity index (χ3n) is 4.26. The van der Waals surface area contributed by atoms with Crippen LogP contribution in [0.15, 0.2) is 36.4 Å². The van der Waals surface area contributed by atoms with Gasteiger partial charge in [0.05, 0.1) is 4.92 Å². The second-order valence-electron chi connectivity index (χ2n) is 7.05. The summed E-state index contributed by atoms with van der Waals surface area (Å²) in [5.41, 5.74) is 5.46. The molecule has 2 aromatic carbocycles. The van der Waals surface area contributed by atoms with E-state index in [-0.39, 0.29) is 17.2 Å². The van der Waals surface area contributed by atoms with Gasteiger partial charge in [0.2, 0.25) is 0 Å². The van der Waals surface area contributed by atoms with E-state index in [1.807, 2.05) is 20.8 Å². The van der Waals surface area contributed by atoms with Gasteiger partial charge in [0.25, 0.3) is 17.5 Å². The van der Waals surface area contributed by atoms with Crippen molar-refractivity contribution in [3.63, 3.8) is 0 Å². The maximum atomic E-state index is 12.0. The van der Waals surface area contributed by atoms with E-state index >= 15 is 0 Å². The van der Waals surface area contributed by atoms with Gasteiger partial charge in [-0.3, -0.25) is 30.6 Å². The number of rotatable bonds is 8. The van der Waals surface area contributed by atoms with Crippen molar-refractivity contribution in [3.8, 4) is 5.75 Å². The van der Waals surface area contributed by atoms with Gasteiger partial charge in [0.1, 0.15) is 5.75 Å². The lowest BCUT2D eigenvalue weighted by molar-refractivity contribution is -0.384. The maximum absolute atomic E-state index is 12.0. The second kappa shape index (κ2) is 11.1. The summed E-state index contributed by atoms with van der Waals surface area (Å²) >= 11 is 6.14. The molecule has 0 aliphatic heterocycles. The first-order valence-electron chi connectivity index (χ1n) is 9.50. The lowest BCUT2D eigenvalue weighted by atomic mass is 10.0. The number of nitro benzene ring substituents is 1. The molecule has 0 aliphatic rings. The highest BCUT2D eigenvalue weighted by Gasteiger charge is 2.15. The largest absolute Gasteiger partial charge is 0.482 e. The molecular weight excluding hydrogens is 442 g/mol. The van der Waals surface area contributed by atoms with E-state index in [4.69, 9.17) is 21.1 Å². The molecular formula is C21H22ClN3O7. The number of hydrazine groups is 1. The molecule has 0 atom stereocenters. The molecule has 0 fully saturated rings. The number of aryl methyl sites for hydroxylation is 1. The highest BCUT2D eigenvalue weighted by molar-refractivity contribution is 6.31. The molecule has 0 aromatic heterocycles. The van der Waals surface area contributed by atoms with Crippen molar-refractivity contribution in [3.05, 3.63) is 68.2 Å². The topological polar surface area (TPSA) is 137 Å². The first-order chi connectivity index (χ1) is 15.1. The predicted molar refractivity (Wildman–Crippen MR) is 115 cm³/mol. The Morgan fingerprint density at radius 1 is 1.12 bits per heavy atom. The molecule has 0 saturated carbocycles. The van der Waals surface area contributed by atoms with Crippen LogP contribution in [0.5, 0.6) is 5.75 Å². The van der Waals surface area contributed by atoms with E-state index in [0.29, 0.717) is 10.8 Å². The SMILES string of the molecule is Cc1cc(OCC(=O)OCC(=O)NNC(=O)c2cccc([N+](=O)[O-])c2)c(C(C)C)cc1Cl. The average Bonchev–Trinajstić information content (AvgIpc) is 2.76. The number of amides is 2. The molecule has 2 N–H and O–H groups in total. The number of hydrogen-bond donors (Lipinski definition) is 2. The summed E-state index contributed by atoms with van der Waals surface area (Å²) in [4.78, 5) is 45.8. The van der Waals surface area contributed by atoms with E-state index in [1.54, 1.807) is 12.1 Å². The van der Waals surface area contributed by atoms with Crippen LogP contribution >= 0.6 is 11.6 Å². The van der Waals surface area contributed by atoms with Crippen LogP contribution in [-0.2, 0) is 14.3 Å². The van der Waals surface area contributed by atoms with Crippen LogP contribution in [0.3, 0.4) is 0 Å². The first-order valence-corrected chi connectivity index (χ1v) is 9.88. The van der Waals surface area contributed by atoms with Crippen molar-refractivity contribution < 1.29 is 28.8 Å². The number of non-ortho nitro benzene ring substituents is 1. The summed E-state index contributed by atoms with van der Waals surface area (Å²) in [6.45, 7) is 4.64. The average molecular weight is 464 g/mol. The van der Waals surface area contributed by atoms with Gasteiger partial charge in [-0.25, -0.2) is 4.79 Å². The molecule has 2 rings (SSSR count). The Kier molecular flexibility index (Phi) is 8.54. The lowest BCUT2D eigenvalue weighted by Gasteiger charge is -2.15. The molecule has 10 nitrogen and oxygen atoms in total. The lowest BCUT2D eigenvalue weighted by Crippen LogP contribution is -2.43. The Balaban J connectivity index is 1.81. The molecule has 0 heterocycles. The number of nitro groups is 1. The fraction of sp³-hybridized carbons (Fsp3) is 0.286. The van der Waals surface area contributed by atoms with Crippen LogP contribution in [0.2, 0.25) is 5.02 Å². The molecule has 2 aromatic rings. The van der Waals surface area contributed by atoms with Gasteiger partial charge in [-0.15, -0.1) is 0 Å². The Hall–Kier alpha value is -3.66. The molecule has 0 bridgehead atoms. The molecule has 0 aliphatic carbocycles. The van der Waals surface area contributed by atoms with Crippen molar-refractivity contribution in [2.24, 2.45) is 0 Å². The fourth-order valence-electron chi connectivity index (χ4n) is 2.57. The zero-order valence-electron chi connectivity index (χ0n) is 17.6. The van der Waals surface area contributed by atoms with Gasteiger partial charge >= 0.3 is 5.97 Å². The number of hydrogen-bond acceptors (Lipinski definition) is 7. The molecule has 0 radical (unpaired) electrons. The first kappa shape index (κ1) is 24.6. The van der Waals surface area contributed by atoms with E-state index in [1.165, 1.54) is 18.2 Å². The van der Waals surface area contributed by atoms with Crippen molar-refractivity contribution in [1.82, 2.24) is 10.9 Å². The molecule has 11 heteroatoms. The van der Waals surface area contributed by atoms with E-state index in [9.17, 15) is 24.5 Å². The quantitative estimate of drug-likeness (QED) is 0.348. The number of halogens is 1. The fourth-order valence-corrected chi connectivity index (χ4v) is 2.74. The third-order valence-corrected chi connectivity index (χ3v) is 4.66. The Morgan fingerprint density at radius 2 is 1.84 bits per heavy atom.